The van der Waals surface area contributed by atoms with Crippen molar-refractivity contribution in [3.05, 3.63) is 93.6 Å². The van der Waals surface area contributed by atoms with Gasteiger partial charge in [0, 0.05) is 6.42 Å². The summed E-state index contributed by atoms with van der Waals surface area (Å²) in [6.07, 6.45) is 17.0. The van der Waals surface area contributed by atoms with E-state index in [9.17, 15) is 13.9 Å². The molecule has 2 aromatic carbocycles. The lowest BCUT2D eigenvalue weighted by Crippen LogP contribution is -2.16. The van der Waals surface area contributed by atoms with Crippen molar-refractivity contribution in [2.24, 2.45) is 11.8 Å². The summed E-state index contributed by atoms with van der Waals surface area (Å²) in [4.78, 5) is 0. The van der Waals surface area contributed by atoms with Gasteiger partial charge in [-0.2, -0.15) is 0 Å². The van der Waals surface area contributed by atoms with E-state index in [0.29, 0.717) is 12.2 Å². The van der Waals surface area contributed by atoms with Crippen molar-refractivity contribution in [3.63, 3.8) is 0 Å². The zero-order chi connectivity index (χ0) is 27.2. The minimum Gasteiger partial charge on any atom is -0.508 e. The number of hydrogen-bond acceptors (Lipinski definition) is 1. The highest BCUT2D eigenvalue weighted by Crippen LogP contribution is 2.42. The molecule has 1 unspecified atom stereocenters. The molecule has 0 radical (unpaired) electrons. The third-order valence-electron chi connectivity index (χ3n) is 9.36. The van der Waals surface area contributed by atoms with Crippen LogP contribution >= 0.6 is 0 Å². The van der Waals surface area contributed by atoms with Gasteiger partial charge in [-0.15, -0.1) is 0 Å². The predicted octanol–water partition coefficient (Wildman–Crippen LogP) is 10.0. The molecule has 1 nitrogen and oxygen atoms in total. The molecular formula is C36H44F2O. The van der Waals surface area contributed by atoms with Gasteiger partial charge >= 0.3 is 0 Å². The monoisotopic (exact) mass is 530 g/mol. The maximum absolute atomic E-state index is 14.8. The normalized spacial score (nSPS) is 23.6. The van der Waals surface area contributed by atoms with E-state index >= 15 is 0 Å². The third kappa shape index (κ3) is 6.73. The van der Waals surface area contributed by atoms with Gasteiger partial charge in [0.05, 0.1) is 6.67 Å². The van der Waals surface area contributed by atoms with Crippen LogP contribution in [0.4, 0.5) is 8.78 Å². The SMILES string of the molecule is CC1=C(C2=C(c3ccc(CC4CCC(CCCCCF)CC4)cc3)c3ccc(O)cc3CCC2)C=CCC1F. The summed E-state index contributed by atoms with van der Waals surface area (Å²) < 4.78 is 27.1. The van der Waals surface area contributed by atoms with E-state index in [1.54, 1.807) is 6.07 Å². The molecule has 39 heavy (non-hydrogen) atoms. The summed E-state index contributed by atoms with van der Waals surface area (Å²) >= 11 is 0. The summed E-state index contributed by atoms with van der Waals surface area (Å²) in [5.41, 5.74) is 9.20. The van der Waals surface area contributed by atoms with Crippen LogP contribution in [0.15, 0.2) is 71.3 Å². The molecule has 3 aliphatic rings. The van der Waals surface area contributed by atoms with E-state index in [2.05, 4.69) is 30.3 Å². The minimum absolute atomic E-state index is 0.174. The maximum atomic E-state index is 14.8. The second kappa shape index (κ2) is 13.1. The van der Waals surface area contributed by atoms with Gasteiger partial charge in [-0.3, -0.25) is 4.39 Å². The number of hydrogen-bond donors (Lipinski definition) is 1. The van der Waals surface area contributed by atoms with Crippen molar-refractivity contribution in [1.82, 2.24) is 0 Å². The van der Waals surface area contributed by atoms with Crippen LogP contribution in [0.3, 0.4) is 0 Å². The molecule has 3 aliphatic carbocycles. The number of aromatic hydroxyl groups is 1. The molecule has 0 amide bonds. The zero-order valence-electron chi connectivity index (χ0n) is 23.5. The number of alkyl halides is 2. The Morgan fingerprint density at radius 2 is 1.67 bits per heavy atom. The smallest absolute Gasteiger partial charge is 0.125 e. The molecule has 1 saturated carbocycles. The second-order valence-corrected chi connectivity index (χ2v) is 12.1. The molecule has 0 bridgehead atoms. The van der Waals surface area contributed by atoms with Crippen LogP contribution in [-0.2, 0) is 12.8 Å². The van der Waals surface area contributed by atoms with E-state index in [4.69, 9.17) is 0 Å². The van der Waals surface area contributed by atoms with Crippen molar-refractivity contribution >= 4 is 5.57 Å². The molecule has 0 aliphatic heterocycles. The quantitative estimate of drug-likeness (QED) is 0.320. The Labute approximate surface area is 233 Å². The Hall–Kier alpha value is -2.68. The summed E-state index contributed by atoms with van der Waals surface area (Å²) in [6, 6.07) is 14.8. The molecule has 0 saturated heterocycles. The lowest BCUT2D eigenvalue weighted by molar-refractivity contribution is 0.256. The van der Waals surface area contributed by atoms with Crippen LogP contribution in [-0.4, -0.2) is 18.0 Å². The molecule has 0 aromatic heterocycles. The molecule has 3 heteroatoms. The number of benzene rings is 2. The Kier molecular flexibility index (Phi) is 9.37. The van der Waals surface area contributed by atoms with E-state index in [1.807, 2.05) is 25.1 Å². The fourth-order valence-corrected chi connectivity index (χ4v) is 7.06. The number of phenolic OH excluding ortho intramolecular Hbond substituents is 1. The molecular weight excluding hydrogens is 486 g/mol. The molecule has 1 N–H and O–H groups in total. The highest BCUT2D eigenvalue weighted by Gasteiger charge is 2.25. The van der Waals surface area contributed by atoms with Crippen molar-refractivity contribution in [2.45, 2.75) is 96.6 Å². The first-order valence-corrected chi connectivity index (χ1v) is 15.3. The number of fused-ring (bicyclic) bond motifs is 1. The van der Waals surface area contributed by atoms with Gasteiger partial charge in [-0.25, -0.2) is 4.39 Å². The van der Waals surface area contributed by atoms with Crippen molar-refractivity contribution in [2.75, 3.05) is 6.67 Å². The lowest BCUT2D eigenvalue weighted by Gasteiger charge is -2.28. The van der Waals surface area contributed by atoms with Crippen LogP contribution < -0.4 is 0 Å². The largest absolute Gasteiger partial charge is 0.508 e. The number of phenols is 1. The van der Waals surface area contributed by atoms with Crippen molar-refractivity contribution in [3.8, 4) is 5.75 Å². The summed E-state index contributed by atoms with van der Waals surface area (Å²) in [7, 11) is 0. The van der Waals surface area contributed by atoms with Crippen LogP contribution in [0.5, 0.6) is 5.75 Å². The third-order valence-corrected chi connectivity index (χ3v) is 9.36. The van der Waals surface area contributed by atoms with Gasteiger partial charge in [-0.1, -0.05) is 74.6 Å². The van der Waals surface area contributed by atoms with Gasteiger partial charge in [-0.05, 0) is 120 Å². The molecule has 2 aromatic rings. The summed E-state index contributed by atoms with van der Waals surface area (Å²) in [6.45, 7) is 1.77. The summed E-state index contributed by atoms with van der Waals surface area (Å²) in [5.74, 6) is 1.88. The average molecular weight is 531 g/mol. The number of rotatable bonds is 9. The van der Waals surface area contributed by atoms with Crippen molar-refractivity contribution < 1.29 is 13.9 Å². The molecule has 208 valence electrons. The van der Waals surface area contributed by atoms with E-state index in [0.717, 1.165) is 67.1 Å². The Morgan fingerprint density at radius 3 is 2.44 bits per heavy atom. The van der Waals surface area contributed by atoms with Gasteiger partial charge in [0.25, 0.3) is 0 Å². The maximum Gasteiger partial charge on any atom is 0.125 e. The minimum atomic E-state index is -0.922. The van der Waals surface area contributed by atoms with E-state index in [1.165, 1.54) is 66.4 Å². The first kappa shape index (κ1) is 27.9. The molecule has 0 heterocycles. The fraction of sp³-hybridized carbons (Fsp3) is 0.500. The van der Waals surface area contributed by atoms with Gasteiger partial charge < -0.3 is 5.11 Å². The highest BCUT2D eigenvalue weighted by atomic mass is 19.1. The number of allylic oxidation sites excluding steroid dienone is 5. The molecule has 1 fully saturated rings. The van der Waals surface area contributed by atoms with Crippen LogP contribution in [0.25, 0.3) is 5.57 Å². The first-order chi connectivity index (χ1) is 19.0. The van der Waals surface area contributed by atoms with E-state index in [-0.39, 0.29) is 6.67 Å². The lowest BCUT2D eigenvalue weighted by atomic mass is 9.77. The Balaban J connectivity index is 1.36. The standard InChI is InChI=1S/C36H44F2O/c1-25-32(9-6-11-35(25)38)34-10-5-8-30-24-31(39)20-21-33(30)36(34)29-18-16-28(17-19-29)23-27-14-12-26(13-15-27)7-3-2-4-22-37/h6,9,16-21,24,26-27,35,39H,2-5,7-8,10-15,22-23H2,1H3. The number of halogens is 2. The van der Waals surface area contributed by atoms with Crippen LogP contribution in [0, 0.1) is 11.8 Å². The summed E-state index contributed by atoms with van der Waals surface area (Å²) in [5, 5.41) is 10.2. The van der Waals surface area contributed by atoms with Crippen molar-refractivity contribution in [1.29, 1.82) is 0 Å². The fourth-order valence-electron chi connectivity index (χ4n) is 7.06. The van der Waals surface area contributed by atoms with Gasteiger partial charge in [0.2, 0.25) is 0 Å². The molecule has 1 atom stereocenters. The number of unbranched alkanes of at least 4 members (excludes halogenated alkanes) is 2. The van der Waals surface area contributed by atoms with Crippen LogP contribution in [0.1, 0.15) is 99.8 Å². The second-order valence-electron chi connectivity index (χ2n) is 12.1. The van der Waals surface area contributed by atoms with Gasteiger partial charge in [0.1, 0.15) is 11.9 Å². The van der Waals surface area contributed by atoms with Gasteiger partial charge in [0.15, 0.2) is 0 Å². The van der Waals surface area contributed by atoms with E-state index < -0.39 is 6.17 Å². The topological polar surface area (TPSA) is 20.2 Å². The predicted molar refractivity (Wildman–Crippen MR) is 158 cm³/mol. The average Bonchev–Trinajstić information content (AvgIpc) is 3.13. The Bertz CT molecular complexity index is 1210. The molecule has 5 rings (SSSR count). The zero-order valence-corrected chi connectivity index (χ0v) is 23.5. The molecule has 0 spiro atoms. The van der Waals surface area contributed by atoms with Crippen LogP contribution in [0.2, 0.25) is 0 Å². The highest BCUT2D eigenvalue weighted by molar-refractivity contribution is 5.87. The Morgan fingerprint density at radius 1 is 0.897 bits per heavy atom. The first-order valence-electron chi connectivity index (χ1n) is 15.3. The number of aryl methyl sites for hydroxylation is 1.